The van der Waals surface area contributed by atoms with E-state index in [1.54, 1.807) is 0 Å². The number of carbonyl (C=O) groups is 1. The number of carbonyl (C=O) groups excluding carboxylic acids is 1. The van der Waals surface area contributed by atoms with Crippen LogP contribution < -0.4 is 5.32 Å². The zero-order valence-corrected chi connectivity index (χ0v) is 12.8. The van der Waals surface area contributed by atoms with Crippen molar-refractivity contribution in [2.24, 2.45) is 0 Å². The van der Waals surface area contributed by atoms with Crippen LogP contribution in [0.15, 0.2) is 48.5 Å². The van der Waals surface area contributed by atoms with Crippen LogP contribution in [0.2, 0.25) is 0 Å². The Morgan fingerprint density at radius 2 is 1.96 bits per heavy atom. The maximum atomic E-state index is 13.1. The lowest BCUT2D eigenvalue weighted by atomic mass is 9.96. The summed E-state index contributed by atoms with van der Waals surface area (Å²) in [6.45, 7) is 0.157. The van der Waals surface area contributed by atoms with Crippen molar-refractivity contribution in [2.75, 3.05) is 13.2 Å². The number of nitro groups is 1. The lowest BCUT2D eigenvalue weighted by Crippen LogP contribution is -2.29. The lowest BCUT2D eigenvalue weighted by molar-refractivity contribution is -0.385. The number of amides is 1. The molecule has 0 spiro atoms. The minimum atomic E-state index is -0.791. The van der Waals surface area contributed by atoms with Crippen LogP contribution in [0.1, 0.15) is 28.3 Å². The zero-order valence-electron chi connectivity index (χ0n) is 12.8. The third kappa shape index (κ3) is 4.36. The molecule has 0 heterocycles. The topological polar surface area (TPSA) is 92.5 Å². The van der Waals surface area contributed by atoms with Crippen molar-refractivity contribution in [2.45, 2.75) is 12.3 Å². The molecule has 6 nitrogen and oxygen atoms in total. The van der Waals surface area contributed by atoms with Crippen LogP contribution in [0.4, 0.5) is 10.1 Å². The first kappa shape index (κ1) is 17.6. The number of aliphatic hydroxyl groups excluding tert-OH is 1. The van der Waals surface area contributed by atoms with E-state index in [0.717, 1.165) is 23.8 Å². The predicted molar refractivity (Wildman–Crippen MR) is 86.3 cm³/mol. The normalized spacial score (nSPS) is 11.8. The van der Waals surface area contributed by atoms with Crippen LogP contribution in [0.25, 0.3) is 0 Å². The smallest absolute Gasteiger partial charge is 0.285 e. The highest BCUT2D eigenvalue weighted by Gasteiger charge is 2.22. The van der Waals surface area contributed by atoms with Gasteiger partial charge in [0.1, 0.15) is 11.4 Å². The fourth-order valence-corrected chi connectivity index (χ4v) is 2.43. The maximum absolute atomic E-state index is 13.1. The molecule has 2 rings (SSSR count). The second-order valence-electron chi connectivity index (χ2n) is 5.25. The monoisotopic (exact) mass is 332 g/mol. The van der Waals surface area contributed by atoms with Crippen LogP contribution in [0, 0.1) is 15.9 Å². The Kier molecular flexibility index (Phi) is 5.97. The Hall–Kier alpha value is -2.80. The van der Waals surface area contributed by atoms with Crippen molar-refractivity contribution in [3.8, 4) is 0 Å². The van der Waals surface area contributed by atoms with E-state index < -0.39 is 22.3 Å². The van der Waals surface area contributed by atoms with E-state index in [-0.39, 0.29) is 24.6 Å². The molecule has 1 amide bonds. The summed E-state index contributed by atoms with van der Waals surface area (Å²) in [6.07, 6.45) is 0.440. The highest BCUT2D eigenvalue weighted by Crippen LogP contribution is 2.21. The first-order chi connectivity index (χ1) is 11.5. The van der Waals surface area contributed by atoms with Crippen LogP contribution >= 0.6 is 0 Å². The highest BCUT2D eigenvalue weighted by molar-refractivity contribution is 5.98. The Bertz CT molecular complexity index is 722. The largest absolute Gasteiger partial charge is 0.396 e. The van der Waals surface area contributed by atoms with Gasteiger partial charge in [-0.3, -0.25) is 14.9 Å². The number of nitro benzene ring substituents is 1. The van der Waals surface area contributed by atoms with E-state index in [2.05, 4.69) is 5.32 Å². The van der Waals surface area contributed by atoms with Gasteiger partial charge in [-0.05, 0) is 24.1 Å². The Morgan fingerprint density at radius 1 is 1.25 bits per heavy atom. The first-order valence-electron chi connectivity index (χ1n) is 7.41. The average molecular weight is 332 g/mol. The number of nitrogens with one attached hydrogen (secondary N) is 1. The van der Waals surface area contributed by atoms with Gasteiger partial charge in [-0.2, -0.15) is 0 Å². The molecule has 0 bridgehead atoms. The fourth-order valence-electron chi connectivity index (χ4n) is 2.43. The van der Waals surface area contributed by atoms with Gasteiger partial charge in [-0.1, -0.05) is 30.3 Å². The molecular weight excluding hydrogens is 315 g/mol. The van der Waals surface area contributed by atoms with Crippen molar-refractivity contribution < 1.29 is 19.2 Å². The SMILES string of the molecule is O=C(NCC(CCO)c1ccccc1)c1ccc(F)cc1[N+](=O)[O-]. The van der Waals surface area contributed by atoms with Crippen molar-refractivity contribution >= 4 is 11.6 Å². The second kappa shape index (κ2) is 8.16. The van der Waals surface area contributed by atoms with E-state index in [1.165, 1.54) is 0 Å². The predicted octanol–water partition coefficient (Wildman–Crippen LogP) is 2.63. The molecule has 0 aliphatic heterocycles. The molecule has 0 fully saturated rings. The first-order valence-corrected chi connectivity index (χ1v) is 7.41. The third-order valence-corrected chi connectivity index (χ3v) is 3.66. The van der Waals surface area contributed by atoms with Gasteiger partial charge < -0.3 is 10.4 Å². The van der Waals surface area contributed by atoms with Gasteiger partial charge in [0, 0.05) is 19.1 Å². The van der Waals surface area contributed by atoms with Crippen molar-refractivity contribution in [3.05, 3.63) is 75.6 Å². The number of aliphatic hydroxyl groups is 1. The summed E-state index contributed by atoms with van der Waals surface area (Å²) in [5, 5.41) is 22.8. The summed E-state index contributed by atoms with van der Waals surface area (Å²) < 4.78 is 13.1. The van der Waals surface area contributed by atoms with E-state index >= 15 is 0 Å². The second-order valence-corrected chi connectivity index (χ2v) is 5.25. The lowest BCUT2D eigenvalue weighted by Gasteiger charge is -2.17. The Labute approximate surface area is 138 Å². The molecule has 2 aromatic carbocycles. The van der Waals surface area contributed by atoms with Gasteiger partial charge in [0.05, 0.1) is 11.0 Å². The summed E-state index contributed by atoms with van der Waals surface area (Å²) in [7, 11) is 0. The Morgan fingerprint density at radius 3 is 2.58 bits per heavy atom. The van der Waals surface area contributed by atoms with Gasteiger partial charge in [0.15, 0.2) is 0 Å². The number of halogens is 1. The molecule has 2 N–H and O–H groups in total. The van der Waals surface area contributed by atoms with Gasteiger partial charge in [-0.25, -0.2) is 4.39 Å². The van der Waals surface area contributed by atoms with E-state index in [0.29, 0.717) is 6.42 Å². The standard InChI is InChI=1S/C17H17FN2O4/c18-14-6-7-15(16(10-14)20(23)24)17(22)19-11-13(8-9-21)12-4-2-1-3-5-12/h1-7,10,13,21H,8-9,11H2,(H,19,22). The number of nitrogens with zero attached hydrogens (tertiary/aromatic N) is 1. The van der Waals surface area contributed by atoms with Crippen molar-refractivity contribution in [1.82, 2.24) is 5.32 Å². The van der Waals surface area contributed by atoms with E-state index in [1.807, 2.05) is 30.3 Å². The average Bonchev–Trinajstić information content (AvgIpc) is 2.59. The number of benzene rings is 2. The van der Waals surface area contributed by atoms with Gasteiger partial charge in [0.2, 0.25) is 0 Å². The molecule has 7 heteroatoms. The summed E-state index contributed by atoms with van der Waals surface area (Å²) >= 11 is 0. The highest BCUT2D eigenvalue weighted by atomic mass is 19.1. The zero-order chi connectivity index (χ0) is 17.5. The summed E-state index contributed by atoms with van der Waals surface area (Å²) in [6, 6.07) is 12.1. The number of rotatable bonds is 7. The van der Waals surface area contributed by atoms with E-state index in [4.69, 9.17) is 0 Å². The molecule has 0 aliphatic carbocycles. The van der Waals surface area contributed by atoms with Crippen molar-refractivity contribution in [1.29, 1.82) is 0 Å². The molecule has 2 aromatic rings. The molecule has 0 radical (unpaired) electrons. The quantitative estimate of drug-likeness (QED) is 0.602. The van der Waals surface area contributed by atoms with E-state index in [9.17, 15) is 24.4 Å². The molecule has 0 aromatic heterocycles. The molecule has 24 heavy (non-hydrogen) atoms. The number of hydrogen-bond donors (Lipinski definition) is 2. The maximum Gasteiger partial charge on any atom is 0.285 e. The summed E-state index contributed by atoms with van der Waals surface area (Å²) in [5.41, 5.74) is 0.170. The molecule has 0 saturated carbocycles. The molecule has 1 atom stereocenters. The van der Waals surface area contributed by atoms with Gasteiger partial charge in [0.25, 0.3) is 11.6 Å². The molecule has 1 unspecified atom stereocenters. The fraction of sp³-hybridized carbons (Fsp3) is 0.235. The molecule has 0 saturated heterocycles. The minimum absolute atomic E-state index is 0.0495. The molecule has 126 valence electrons. The van der Waals surface area contributed by atoms with Crippen LogP contribution in [0.3, 0.4) is 0 Å². The van der Waals surface area contributed by atoms with Crippen molar-refractivity contribution in [3.63, 3.8) is 0 Å². The van der Waals surface area contributed by atoms with Crippen LogP contribution in [-0.2, 0) is 0 Å². The Balaban J connectivity index is 2.13. The van der Waals surface area contributed by atoms with Gasteiger partial charge >= 0.3 is 0 Å². The minimum Gasteiger partial charge on any atom is -0.396 e. The summed E-state index contributed by atoms with van der Waals surface area (Å²) in [4.78, 5) is 22.4. The number of hydrogen-bond acceptors (Lipinski definition) is 4. The third-order valence-electron chi connectivity index (χ3n) is 3.66. The molecule has 0 aliphatic rings. The summed E-state index contributed by atoms with van der Waals surface area (Å²) in [5.74, 6) is -1.55. The van der Waals surface area contributed by atoms with Crippen LogP contribution in [-0.4, -0.2) is 29.1 Å². The van der Waals surface area contributed by atoms with Crippen LogP contribution in [0.5, 0.6) is 0 Å². The van der Waals surface area contributed by atoms with Gasteiger partial charge in [-0.15, -0.1) is 0 Å². The molecular formula is C17H17FN2O4.